The zero-order valence-electron chi connectivity index (χ0n) is 9.66. The summed E-state index contributed by atoms with van der Waals surface area (Å²) < 4.78 is 5.67. The molecule has 3 heteroatoms. The second kappa shape index (κ2) is 3.28. The Morgan fingerprint density at radius 3 is 2.81 bits per heavy atom. The van der Waals surface area contributed by atoms with Gasteiger partial charge in [0, 0.05) is 16.8 Å². The van der Waals surface area contributed by atoms with E-state index in [1.165, 1.54) is 28.5 Å². The molecule has 1 aromatic carbocycles. The Labute approximate surface area is 99.6 Å². The fourth-order valence-corrected chi connectivity index (χ4v) is 3.28. The van der Waals surface area contributed by atoms with Gasteiger partial charge in [-0.05, 0) is 55.9 Å². The van der Waals surface area contributed by atoms with Gasteiger partial charge in [-0.1, -0.05) is 6.07 Å². The van der Waals surface area contributed by atoms with Gasteiger partial charge in [0.05, 0.1) is 10.4 Å². The average molecular weight is 232 g/mol. The molecule has 0 aliphatic heterocycles. The lowest BCUT2D eigenvalue weighted by molar-refractivity contribution is 0.557. The number of rotatable bonds is 2. The number of nitrogens with zero attached hydrogens (tertiary/aromatic N) is 1. The van der Waals surface area contributed by atoms with Gasteiger partial charge in [0.15, 0.2) is 0 Å². The molecule has 16 heavy (non-hydrogen) atoms. The van der Waals surface area contributed by atoms with Crippen LogP contribution in [0.3, 0.4) is 0 Å². The quantitative estimate of drug-likeness (QED) is 0.864. The van der Waals surface area contributed by atoms with Crippen LogP contribution in [-0.2, 0) is 5.41 Å². The number of aromatic nitrogens is 1. The first-order chi connectivity index (χ1) is 7.63. The molecule has 1 saturated carbocycles. The smallest absolute Gasteiger partial charge is 0.0589 e. The van der Waals surface area contributed by atoms with Crippen LogP contribution in [-0.4, -0.2) is 10.4 Å². The molecule has 1 fully saturated rings. The van der Waals surface area contributed by atoms with Gasteiger partial charge in [-0.15, -0.1) is 0 Å². The second-order valence-corrected chi connectivity index (χ2v) is 5.73. The third-order valence-electron chi connectivity index (χ3n) is 3.89. The summed E-state index contributed by atoms with van der Waals surface area (Å²) in [6.07, 6.45) is 2.46. The molecule has 1 aliphatic rings. The number of hydrogen-bond acceptors (Lipinski definition) is 3. The summed E-state index contributed by atoms with van der Waals surface area (Å²) in [6, 6.07) is 6.97. The molecule has 0 bridgehead atoms. The maximum Gasteiger partial charge on any atom is 0.0589 e. The van der Waals surface area contributed by atoms with Crippen LogP contribution in [0.2, 0.25) is 0 Å². The number of aryl methyl sites for hydroxylation is 1. The zero-order valence-corrected chi connectivity index (χ0v) is 10.5. The Hall–Kier alpha value is -0.930. The Morgan fingerprint density at radius 1 is 1.44 bits per heavy atom. The van der Waals surface area contributed by atoms with Gasteiger partial charge >= 0.3 is 0 Å². The van der Waals surface area contributed by atoms with E-state index < -0.39 is 0 Å². The van der Waals surface area contributed by atoms with Crippen molar-refractivity contribution in [3.05, 3.63) is 29.5 Å². The SMILES string of the molecule is Cc1nsc2ccc(C3(C(C)N)CC3)cc12. The van der Waals surface area contributed by atoms with E-state index in [1.807, 2.05) is 0 Å². The summed E-state index contributed by atoms with van der Waals surface area (Å²) in [5.41, 5.74) is 8.90. The Balaban J connectivity index is 2.15. The monoisotopic (exact) mass is 232 g/mol. The van der Waals surface area contributed by atoms with Gasteiger partial charge in [0.2, 0.25) is 0 Å². The van der Waals surface area contributed by atoms with Crippen molar-refractivity contribution in [3.8, 4) is 0 Å². The highest BCUT2D eigenvalue weighted by molar-refractivity contribution is 7.13. The lowest BCUT2D eigenvalue weighted by Gasteiger charge is -2.20. The summed E-state index contributed by atoms with van der Waals surface area (Å²) in [4.78, 5) is 0. The minimum Gasteiger partial charge on any atom is -0.327 e. The van der Waals surface area contributed by atoms with Crippen LogP contribution >= 0.6 is 11.5 Å². The van der Waals surface area contributed by atoms with Gasteiger partial charge in [-0.25, -0.2) is 0 Å². The molecule has 0 amide bonds. The molecule has 1 aliphatic carbocycles. The average Bonchev–Trinajstić information content (AvgIpc) is 3.01. The van der Waals surface area contributed by atoms with Crippen molar-refractivity contribution >= 4 is 21.6 Å². The lowest BCUT2D eigenvalue weighted by atomic mass is 9.89. The van der Waals surface area contributed by atoms with Gasteiger partial charge < -0.3 is 5.73 Å². The van der Waals surface area contributed by atoms with Crippen molar-refractivity contribution in [3.63, 3.8) is 0 Å². The maximum absolute atomic E-state index is 6.11. The summed E-state index contributed by atoms with van der Waals surface area (Å²) in [7, 11) is 0. The van der Waals surface area contributed by atoms with Crippen LogP contribution in [0.15, 0.2) is 18.2 Å². The molecule has 1 heterocycles. The topological polar surface area (TPSA) is 38.9 Å². The van der Waals surface area contributed by atoms with Crippen LogP contribution in [0.5, 0.6) is 0 Å². The first kappa shape index (κ1) is 10.2. The molecule has 1 unspecified atom stereocenters. The maximum atomic E-state index is 6.11. The molecular weight excluding hydrogens is 216 g/mol. The molecule has 0 radical (unpaired) electrons. The molecule has 1 atom stereocenters. The summed E-state index contributed by atoms with van der Waals surface area (Å²) in [6.45, 7) is 4.20. The molecule has 1 aromatic heterocycles. The van der Waals surface area contributed by atoms with Crippen molar-refractivity contribution in [2.45, 2.75) is 38.1 Å². The van der Waals surface area contributed by atoms with Crippen LogP contribution in [0.4, 0.5) is 0 Å². The van der Waals surface area contributed by atoms with Crippen LogP contribution < -0.4 is 5.73 Å². The largest absolute Gasteiger partial charge is 0.327 e. The number of nitrogens with two attached hydrogens (primary N) is 1. The normalized spacial score (nSPS) is 19.9. The van der Waals surface area contributed by atoms with Gasteiger partial charge in [0.1, 0.15) is 0 Å². The highest BCUT2D eigenvalue weighted by atomic mass is 32.1. The summed E-state index contributed by atoms with van der Waals surface area (Å²) in [5.74, 6) is 0. The van der Waals surface area contributed by atoms with E-state index in [9.17, 15) is 0 Å². The third-order valence-corrected chi connectivity index (χ3v) is 4.80. The molecule has 3 rings (SSSR count). The van der Waals surface area contributed by atoms with Gasteiger partial charge in [0.25, 0.3) is 0 Å². The summed E-state index contributed by atoms with van der Waals surface area (Å²) >= 11 is 1.58. The lowest BCUT2D eigenvalue weighted by Crippen LogP contribution is -2.31. The first-order valence-corrected chi connectivity index (χ1v) is 6.53. The molecule has 0 spiro atoms. The zero-order chi connectivity index (χ0) is 11.3. The van der Waals surface area contributed by atoms with Gasteiger partial charge in [-0.2, -0.15) is 4.37 Å². The van der Waals surface area contributed by atoms with E-state index in [-0.39, 0.29) is 11.5 Å². The Bertz CT molecular complexity index is 538. The highest BCUT2D eigenvalue weighted by Gasteiger charge is 2.47. The standard InChI is InChI=1S/C13H16N2S/c1-8-11-7-10(3-4-12(11)16-15-8)13(5-6-13)9(2)14/h3-4,7,9H,5-6,14H2,1-2H3. The Morgan fingerprint density at radius 2 is 2.19 bits per heavy atom. The molecule has 2 N–H and O–H groups in total. The molecule has 0 saturated heterocycles. The summed E-state index contributed by atoms with van der Waals surface area (Å²) in [5, 5.41) is 1.30. The van der Waals surface area contributed by atoms with Gasteiger partial charge in [-0.3, -0.25) is 0 Å². The number of benzene rings is 1. The molecular formula is C13H16N2S. The fraction of sp³-hybridized carbons (Fsp3) is 0.462. The van der Waals surface area contributed by atoms with Crippen molar-refractivity contribution in [2.24, 2.45) is 5.73 Å². The van der Waals surface area contributed by atoms with E-state index in [2.05, 4.69) is 36.4 Å². The highest BCUT2D eigenvalue weighted by Crippen LogP contribution is 2.50. The van der Waals surface area contributed by atoms with Crippen LogP contribution in [0.25, 0.3) is 10.1 Å². The first-order valence-electron chi connectivity index (χ1n) is 5.75. The minimum absolute atomic E-state index is 0.247. The molecule has 2 aromatic rings. The van der Waals surface area contributed by atoms with Crippen molar-refractivity contribution < 1.29 is 0 Å². The fourth-order valence-electron chi connectivity index (χ4n) is 2.51. The minimum atomic E-state index is 0.247. The van der Waals surface area contributed by atoms with Crippen molar-refractivity contribution in [1.29, 1.82) is 0 Å². The number of hydrogen-bond donors (Lipinski definition) is 1. The molecule has 2 nitrogen and oxygen atoms in total. The van der Waals surface area contributed by atoms with E-state index in [0.717, 1.165) is 5.69 Å². The number of fused-ring (bicyclic) bond motifs is 1. The van der Waals surface area contributed by atoms with E-state index in [4.69, 9.17) is 5.73 Å². The molecule has 84 valence electrons. The van der Waals surface area contributed by atoms with Crippen molar-refractivity contribution in [2.75, 3.05) is 0 Å². The van der Waals surface area contributed by atoms with E-state index in [1.54, 1.807) is 11.5 Å². The Kier molecular flexibility index (Phi) is 2.10. The predicted molar refractivity (Wildman–Crippen MR) is 68.9 cm³/mol. The third kappa shape index (κ3) is 1.31. The van der Waals surface area contributed by atoms with Crippen molar-refractivity contribution in [1.82, 2.24) is 4.37 Å². The van der Waals surface area contributed by atoms with Crippen LogP contribution in [0.1, 0.15) is 31.0 Å². The van der Waals surface area contributed by atoms with E-state index >= 15 is 0 Å². The predicted octanol–water partition coefficient (Wildman–Crippen LogP) is 2.98. The van der Waals surface area contributed by atoms with Crippen LogP contribution in [0, 0.1) is 6.92 Å². The van der Waals surface area contributed by atoms with E-state index in [0.29, 0.717) is 0 Å². The second-order valence-electron chi connectivity index (χ2n) is 4.92.